The SMILES string of the molecule is N#Cc1ccc(C[N@@+]2(c3ccccc3)CC(Cc3ccccc3)N(Cc3cnc[nH]3)C(=O)C2=O)cc1. The molecule has 36 heavy (non-hydrogen) atoms. The summed E-state index contributed by atoms with van der Waals surface area (Å²) in [4.78, 5) is 36.7. The first-order chi connectivity index (χ1) is 17.6. The number of aromatic nitrogens is 2. The minimum Gasteiger partial charge on any atom is -0.347 e. The number of rotatable bonds is 7. The lowest BCUT2D eigenvalue weighted by Gasteiger charge is -2.45. The molecule has 0 bridgehead atoms. The second-order valence-electron chi connectivity index (χ2n) is 9.11. The highest BCUT2D eigenvalue weighted by Crippen LogP contribution is 2.33. The van der Waals surface area contributed by atoms with E-state index in [1.807, 2.05) is 72.8 Å². The van der Waals surface area contributed by atoms with Crippen LogP contribution in [0.15, 0.2) is 97.5 Å². The molecule has 1 N–H and O–H groups in total. The highest BCUT2D eigenvalue weighted by atomic mass is 16.2. The van der Waals surface area contributed by atoms with Gasteiger partial charge in [-0.1, -0.05) is 60.7 Å². The van der Waals surface area contributed by atoms with Crippen molar-refractivity contribution >= 4 is 17.5 Å². The summed E-state index contributed by atoms with van der Waals surface area (Å²) >= 11 is 0. The third-order valence-electron chi connectivity index (χ3n) is 6.79. The van der Waals surface area contributed by atoms with Crippen LogP contribution in [0.1, 0.15) is 22.4 Å². The predicted molar refractivity (Wildman–Crippen MR) is 136 cm³/mol. The Morgan fingerprint density at radius 1 is 0.944 bits per heavy atom. The van der Waals surface area contributed by atoms with Crippen molar-refractivity contribution in [2.24, 2.45) is 0 Å². The number of H-pyrrole nitrogens is 1. The molecule has 1 aromatic heterocycles. The molecule has 0 saturated carbocycles. The standard InChI is InChI=1S/C29H26N5O2/c30-16-23-11-13-24(14-12-23)19-34(27-9-5-2-6-10-27)20-26(15-22-7-3-1-4-8-22)33(28(35)29(34)36)18-25-17-31-21-32-25/h1-14,17,21,26H,15,18-20H2,(H,31,32)/q+1/t26?,34-/m0/s1. The molecule has 1 fully saturated rings. The van der Waals surface area contributed by atoms with Gasteiger partial charge in [-0.3, -0.25) is 4.79 Å². The number of nitrogens with zero attached hydrogens (tertiary/aromatic N) is 4. The minimum atomic E-state index is -0.505. The van der Waals surface area contributed by atoms with Gasteiger partial charge in [0.2, 0.25) is 0 Å². The van der Waals surface area contributed by atoms with E-state index in [-0.39, 0.29) is 17.1 Å². The summed E-state index contributed by atoms with van der Waals surface area (Å²) in [6.45, 7) is 1.04. The molecule has 5 rings (SSSR count). The molecule has 2 atom stereocenters. The average molecular weight is 477 g/mol. The van der Waals surface area contributed by atoms with E-state index in [0.29, 0.717) is 25.1 Å². The van der Waals surface area contributed by atoms with Gasteiger partial charge in [0.05, 0.1) is 36.2 Å². The Morgan fingerprint density at radius 2 is 1.64 bits per heavy atom. The average Bonchev–Trinajstić information content (AvgIpc) is 3.44. The largest absolute Gasteiger partial charge is 0.409 e. The van der Waals surface area contributed by atoms with Crippen molar-refractivity contribution in [3.05, 3.63) is 120 Å². The molecule has 7 nitrogen and oxygen atoms in total. The van der Waals surface area contributed by atoms with Crippen LogP contribution in [0.4, 0.5) is 5.69 Å². The molecule has 3 aromatic carbocycles. The summed E-state index contributed by atoms with van der Waals surface area (Å²) < 4.78 is -0.109. The van der Waals surface area contributed by atoms with Crippen LogP contribution < -0.4 is 4.48 Å². The first-order valence-corrected chi connectivity index (χ1v) is 11.9. The lowest BCUT2D eigenvalue weighted by Crippen LogP contribution is -2.70. The van der Waals surface area contributed by atoms with E-state index in [0.717, 1.165) is 22.5 Å². The fraction of sp³-hybridized carbons (Fsp3) is 0.172. The number of carbonyl (C=O) groups is 2. The number of aromatic amines is 1. The van der Waals surface area contributed by atoms with Crippen molar-refractivity contribution in [2.75, 3.05) is 6.54 Å². The molecular formula is C29H26N5O2+. The van der Waals surface area contributed by atoms with E-state index < -0.39 is 11.8 Å². The van der Waals surface area contributed by atoms with Crippen LogP contribution in [0.25, 0.3) is 0 Å². The molecule has 7 heteroatoms. The summed E-state index contributed by atoms with van der Waals surface area (Å²) in [5.41, 5.74) is 4.10. The van der Waals surface area contributed by atoms with Crippen LogP contribution in [0.2, 0.25) is 0 Å². The van der Waals surface area contributed by atoms with E-state index in [4.69, 9.17) is 0 Å². The molecule has 2 amide bonds. The predicted octanol–water partition coefficient (Wildman–Crippen LogP) is 3.97. The van der Waals surface area contributed by atoms with Crippen LogP contribution in [-0.4, -0.2) is 39.3 Å². The minimum absolute atomic E-state index is 0.109. The van der Waals surface area contributed by atoms with Gasteiger partial charge in [0.25, 0.3) is 0 Å². The molecule has 2 heterocycles. The van der Waals surface area contributed by atoms with Crippen LogP contribution in [0.3, 0.4) is 0 Å². The number of nitriles is 1. The second-order valence-corrected chi connectivity index (χ2v) is 9.11. The lowest BCUT2D eigenvalue weighted by molar-refractivity contribution is -0.159. The summed E-state index contributed by atoms with van der Waals surface area (Å²) in [6, 6.07) is 28.7. The Labute approximate surface area is 209 Å². The maximum atomic E-state index is 14.0. The highest BCUT2D eigenvalue weighted by molar-refractivity contribution is 6.38. The van der Waals surface area contributed by atoms with Crippen molar-refractivity contribution in [1.29, 1.82) is 5.26 Å². The third-order valence-corrected chi connectivity index (χ3v) is 6.79. The van der Waals surface area contributed by atoms with Crippen molar-refractivity contribution in [2.45, 2.75) is 25.6 Å². The summed E-state index contributed by atoms with van der Waals surface area (Å²) in [5, 5.41) is 9.20. The van der Waals surface area contributed by atoms with E-state index >= 15 is 0 Å². The fourth-order valence-electron chi connectivity index (χ4n) is 4.99. The maximum Gasteiger partial charge on any atom is 0.409 e. The number of nitrogens with one attached hydrogen (secondary N) is 1. The Kier molecular flexibility index (Phi) is 6.44. The van der Waals surface area contributed by atoms with Crippen molar-refractivity contribution < 1.29 is 9.59 Å². The van der Waals surface area contributed by atoms with Crippen LogP contribution in [0, 0.1) is 11.3 Å². The molecule has 178 valence electrons. The Morgan fingerprint density at radius 3 is 2.28 bits per heavy atom. The lowest BCUT2D eigenvalue weighted by atomic mass is 9.97. The number of benzene rings is 3. The smallest absolute Gasteiger partial charge is 0.347 e. The molecule has 0 radical (unpaired) electrons. The van der Waals surface area contributed by atoms with E-state index in [1.54, 1.807) is 29.6 Å². The Bertz CT molecular complexity index is 1380. The quantitative estimate of drug-likeness (QED) is 0.323. The Balaban J connectivity index is 1.58. The molecule has 1 saturated heterocycles. The van der Waals surface area contributed by atoms with Gasteiger partial charge in [0.15, 0.2) is 0 Å². The van der Waals surface area contributed by atoms with Crippen LogP contribution >= 0.6 is 0 Å². The van der Waals surface area contributed by atoms with Gasteiger partial charge in [-0.15, -0.1) is 0 Å². The number of amides is 2. The molecule has 0 aliphatic carbocycles. The summed E-state index contributed by atoms with van der Waals surface area (Å²) in [7, 11) is 0. The van der Waals surface area contributed by atoms with Gasteiger partial charge in [0.1, 0.15) is 18.8 Å². The monoisotopic (exact) mass is 476 g/mol. The van der Waals surface area contributed by atoms with Gasteiger partial charge < -0.3 is 9.88 Å². The van der Waals surface area contributed by atoms with Crippen molar-refractivity contribution in [3.63, 3.8) is 0 Å². The Hall–Kier alpha value is -4.54. The van der Waals surface area contributed by atoms with Gasteiger partial charge in [-0.2, -0.15) is 5.26 Å². The van der Waals surface area contributed by atoms with Gasteiger partial charge >= 0.3 is 11.8 Å². The number of carbonyl (C=O) groups excluding carboxylic acids is 2. The zero-order chi connectivity index (χ0) is 25.0. The normalized spacial score (nSPS) is 19.8. The maximum absolute atomic E-state index is 14.0. The second kappa shape index (κ2) is 9.98. The number of hydrogen-bond acceptors (Lipinski definition) is 4. The summed E-state index contributed by atoms with van der Waals surface area (Å²) in [5.74, 6) is -0.969. The van der Waals surface area contributed by atoms with Gasteiger partial charge in [-0.05, 0) is 36.2 Å². The number of quaternary nitrogens is 1. The highest BCUT2D eigenvalue weighted by Gasteiger charge is 2.53. The molecular weight excluding hydrogens is 450 g/mol. The number of piperazine rings is 1. The van der Waals surface area contributed by atoms with E-state index in [2.05, 4.69) is 16.0 Å². The number of imidazole rings is 1. The van der Waals surface area contributed by atoms with Crippen LogP contribution in [-0.2, 0) is 29.1 Å². The van der Waals surface area contributed by atoms with Crippen LogP contribution in [0.5, 0.6) is 0 Å². The fourth-order valence-corrected chi connectivity index (χ4v) is 4.99. The zero-order valence-electron chi connectivity index (χ0n) is 19.7. The van der Waals surface area contributed by atoms with Gasteiger partial charge in [0, 0.05) is 11.8 Å². The van der Waals surface area contributed by atoms with Crippen molar-refractivity contribution in [3.8, 4) is 6.07 Å². The molecule has 1 aliphatic rings. The van der Waals surface area contributed by atoms with E-state index in [9.17, 15) is 14.9 Å². The van der Waals surface area contributed by atoms with E-state index in [1.165, 1.54) is 0 Å². The molecule has 1 aliphatic heterocycles. The topological polar surface area (TPSA) is 89.8 Å². The van der Waals surface area contributed by atoms with Gasteiger partial charge in [-0.25, -0.2) is 14.3 Å². The first kappa shape index (κ1) is 23.2. The van der Waals surface area contributed by atoms with Crippen molar-refractivity contribution in [1.82, 2.24) is 19.4 Å². The first-order valence-electron chi connectivity index (χ1n) is 11.9. The molecule has 0 spiro atoms. The molecule has 4 aromatic rings. The third kappa shape index (κ3) is 4.54. The number of hydrogen-bond donors (Lipinski definition) is 1. The summed E-state index contributed by atoms with van der Waals surface area (Å²) in [6.07, 6.45) is 3.88. The zero-order valence-corrected chi connectivity index (χ0v) is 19.7. The molecule has 1 unspecified atom stereocenters. The number of para-hydroxylation sites is 1.